The highest BCUT2D eigenvalue weighted by Crippen LogP contribution is 2.36. The van der Waals surface area contributed by atoms with Crippen molar-refractivity contribution in [2.24, 2.45) is 0 Å². The number of fused-ring (bicyclic) bond motifs is 1. The fourth-order valence-corrected chi connectivity index (χ4v) is 2.19. The first kappa shape index (κ1) is 14.3. The van der Waals surface area contributed by atoms with Crippen LogP contribution >= 0.6 is 0 Å². The van der Waals surface area contributed by atoms with E-state index >= 15 is 0 Å². The average Bonchev–Trinajstić information content (AvgIpc) is 2.45. The fraction of sp³-hybridized carbons (Fsp3) is 0.429. The highest BCUT2D eigenvalue weighted by Gasteiger charge is 2.38. The summed E-state index contributed by atoms with van der Waals surface area (Å²) in [6, 6.07) is 3.93. The lowest BCUT2D eigenvalue weighted by atomic mass is 10.1. The van der Waals surface area contributed by atoms with Crippen LogP contribution in [0.25, 0.3) is 0 Å². The molecule has 2 N–H and O–H groups in total. The van der Waals surface area contributed by atoms with Crippen LogP contribution in [0.15, 0.2) is 18.2 Å². The smallest absolute Gasteiger partial charge is 0.326 e. The first-order valence-corrected chi connectivity index (χ1v) is 6.45. The molecule has 1 amide bonds. The first-order chi connectivity index (χ1) is 9.49. The molecule has 0 saturated carbocycles. The van der Waals surface area contributed by atoms with Crippen LogP contribution in [0, 0.1) is 0 Å². The summed E-state index contributed by atoms with van der Waals surface area (Å²) in [6.45, 7) is 3.07. The minimum atomic E-state index is -1.09. The lowest BCUT2D eigenvalue weighted by molar-refractivity contribution is -0.140. The van der Waals surface area contributed by atoms with E-state index in [1.54, 1.807) is 25.1 Å². The standard InChI is InChI=1S/C14H17NO5/c1-3-11-13(17)15(8(2)14(18)19)10-6-9(7-16)4-5-12(10)20-11/h4-6,8,11,16H,3,7H2,1-2H3,(H,18,19). The summed E-state index contributed by atoms with van der Waals surface area (Å²) in [5.41, 5.74) is 0.985. The fourth-order valence-electron chi connectivity index (χ4n) is 2.19. The van der Waals surface area contributed by atoms with Gasteiger partial charge >= 0.3 is 5.97 Å². The predicted octanol–water partition coefficient (Wildman–Crippen LogP) is 1.16. The number of hydrogen-bond donors (Lipinski definition) is 2. The van der Waals surface area contributed by atoms with Gasteiger partial charge in [0, 0.05) is 0 Å². The summed E-state index contributed by atoms with van der Waals surface area (Å²) >= 11 is 0. The van der Waals surface area contributed by atoms with Gasteiger partial charge in [-0.15, -0.1) is 0 Å². The Morgan fingerprint density at radius 1 is 1.50 bits per heavy atom. The summed E-state index contributed by atoms with van der Waals surface area (Å²) in [4.78, 5) is 24.8. The number of aliphatic carboxylic acids is 1. The van der Waals surface area contributed by atoms with E-state index in [1.807, 2.05) is 0 Å². The molecule has 0 spiro atoms. The maximum absolute atomic E-state index is 12.3. The highest BCUT2D eigenvalue weighted by molar-refractivity contribution is 6.04. The van der Waals surface area contributed by atoms with E-state index in [-0.39, 0.29) is 12.5 Å². The third-order valence-electron chi connectivity index (χ3n) is 3.36. The zero-order valence-corrected chi connectivity index (χ0v) is 11.4. The number of aliphatic hydroxyl groups is 1. The van der Waals surface area contributed by atoms with Gasteiger partial charge in [0.05, 0.1) is 12.3 Å². The Kier molecular flexibility index (Phi) is 3.94. The van der Waals surface area contributed by atoms with Gasteiger partial charge < -0.3 is 14.9 Å². The van der Waals surface area contributed by atoms with Gasteiger partial charge in [-0.3, -0.25) is 9.69 Å². The molecule has 0 radical (unpaired) electrons. The van der Waals surface area contributed by atoms with E-state index in [2.05, 4.69) is 0 Å². The molecule has 1 aliphatic rings. The van der Waals surface area contributed by atoms with Crippen LogP contribution in [-0.4, -0.2) is 34.2 Å². The summed E-state index contributed by atoms with van der Waals surface area (Å²) in [5.74, 6) is -0.998. The minimum absolute atomic E-state index is 0.187. The molecule has 0 aliphatic carbocycles. The van der Waals surface area contributed by atoms with Gasteiger partial charge in [-0.2, -0.15) is 0 Å². The van der Waals surface area contributed by atoms with Gasteiger partial charge in [0.15, 0.2) is 6.10 Å². The quantitative estimate of drug-likeness (QED) is 0.863. The third-order valence-corrected chi connectivity index (χ3v) is 3.36. The Labute approximate surface area is 116 Å². The molecular formula is C14H17NO5. The highest BCUT2D eigenvalue weighted by atomic mass is 16.5. The molecule has 0 fully saturated rings. The summed E-state index contributed by atoms with van der Waals surface area (Å²) in [5, 5.41) is 18.4. The largest absolute Gasteiger partial charge is 0.480 e. The molecule has 2 unspecified atom stereocenters. The van der Waals surface area contributed by atoms with Gasteiger partial charge in [0.1, 0.15) is 11.8 Å². The number of nitrogens with zero attached hydrogens (tertiary/aromatic N) is 1. The lowest BCUT2D eigenvalue weighted by Crippen LogP contribution is -2.52. The van der Waals surface area contributed by atoms with Gasteiger partial charge in [0.25, 0.3) is 5.91 Å². The van der Waals surface area contributed by atoms with Crippen molar-refractivity contribution in [3.05, 3.63) is 23.8 Å². The Bertz CT molecular complexity index is 542. The Morgan fingerprint density at radius 2 is 2.20 bits per heavy atom. The monoisotopic (exact) mass is 279 g/mol. The molecule has 108 valence electrons. The lowest BCUT2D eigenvalue weighted by Gasteiger charge is -2.36. The Hall–Kier alpha value is -2.08. The first-order valence-electron chi connectivity index (χ1n) is 6.45. The van der Waals surface area contributed by atoms with Crippen molar-refractivity contribution in [3.8, 4) is 5.75 Å². The van der Waals surface area contributed by atoms with Crippen molar-refractivity contribution in [3.63, 3.8) is 0 Å². The van der Waals surface area contributed by atoms with Gasteiger partial charge in [-0.05, 0) is 31.0 Å². The molecule has 0 bridgehead atoms. The second-order valence-corrected chi connectivity index (χ2v) is 4.70. The number of hydrogen-bond acceptors (Lipinski definition) is 4. The van der Waals surface area contributed by atoms with Crippen molar-refractivity contribution >= 4 is 17.6 Å². The molecule has 20 heavy (non-hydrogen) atoms. The number of aliphatic hydroxyl groups excluding tert-OH is 1. The molecular weight excluding hydrogens is 262 g/mol. The van der Waals surface area contributed by atoms with Crippen LogP contribution < -0.4 is 9.64 Å². The number of rotatable bonds is 4. The number of carbonyl (C=O) groups excluding carboxylic acids is 1. The number of ether oxygens (including phenoxy) is 1. The van der Waals surface area contributed by atoms with Gasteiger partial charge in [0.2, 0.25) is 0 Å². The number of anilines is 1. The molecule has 6 heteroatoms. The van der Waals surface area contributed by atoms with E-state index < -0.39 is 18.1 Å². The van der Waals surface area contributed by atoms with Crippen LogP contribution in [0.1, 0.15) is 25.8 Å². The number of amides is 1. The van der Waals surface area contributed by atoms with Crippen LogP contribution in [0.2, 0.25) is 0 Å². The topological polar surface area (TPSA) is 87.1 Å². The molecule has 1 aromatic carbocycles. The van der Waals surface area contributed by atoms with Crippen molar-refractivity contribution in [1.29, 1.82) is 0 Å². The number of carboxylic acid groups (broad SMARTS) is 1. The zero-order chi connectivity index (χ0) is 14.9. The van der Waals surface area contributed by atoms with E-state index in [0.29, 0.717) is 23.4 Å². The van der Waals surface area contributed by atoms with Crippen LogP contribution in [0.4, 0.5) is 5.69 Å². The average molecular weight is 279 g/mol. The van der Waals surface area contributed by atoms with E-state index in [0.717, 1.165) is 0 Å². The predicted molar refractivity (Wildman–Crippen MR) is 71.7 cm³/mol. The van der Waals surface area contributed by atoms with Crippen molar-refractivity contribution in [1.82, 2.24) is 0 Å². The van der Waals surface area contributed by atoms with Crippen molar-refractivity contribution in [2.75, 3.05) is 4.90 Å². The minimum Gasteiger partial charge on any atom is -0.480 e. The second-order valence-electron chi connectivity index (χ2n) is 4.70. The normalized spacial score (nSPS) is 19.2. The van der Waals surface area contributed by atoms with Crippen LogP contribution in [-0.2, 0) is 16.2 Å². The third kappa shape index (κ3) is 2.34. The molecule has 0 saturated heterocycles. The molecule has 0 aromatic heterocycles. The van der Waals surface area contributed by atoms with E-state index in [4.69, 9.17) is 4.74 Å². The summed E-state index contributed by atoms with van der Waals surface area (Å²) in [7, 11) is 0. The molecule has 1 aromatic rings. The van der Waals surface area contributed by atoms with Gasteiger partial charge in [-0.25, -0.2) is 4.79 Å². The van der Waals surface area contributed by atoms with Crippen molar-refractivity contribution in [2.45, 2.75) is 39.0 Å². The number of benzene rings is 1. The SMILES string of the molecule is CCC1Oc2ccc(CO)cc2N(C(C)C(=O)O)C1=O. The number of carboxylic acids is 1. The summed E-state index contributed by atoms with van der Waals surface area (Å²) < 4.78 is 5.59. The second kappa shape index (κ2) is 5.50. The zero-order valence-electron chi connectivity index (χ0n) is 11.4. The molecule has 2 rings (SSSR count). The maximum Gasteiger partial charge on any atom is 0.326 e. The van der Waals surface area contributed by atoms with Gasteiger partial charge in [-0.1, -0.05) is 13.0 Å². The number of carbonyl (C=O) groups is 2. The van der Waals surface area contributed by atoms with E-state index in [1.165, 1.54) is 11.8 Å². The molecule has 1 heterocycles. The Morgan fingerprint density at radius 3 is 2.75 bits per heavy atom. The van der Waals surface area contributed by atoms with Crippen LogP contribution in [0.5, 0.6) is 5.75 Å². The van der Waals surface area contributed by atoms with Crippen molar-refractivity contribution < 1.29 is 24.5 Å². The molecule has 6 nitrogen and oxygen atoms in total. The molecule has 1 aliphatic heterocycles. The summed E-state index contributed by atoms with van der Waals surface area (Å²) in [6.07, 6.45) is -0.215. The maximum atomic E-state index is 12.3. The van der Waals surface area contributed by atoms with E-state index in [9.17, 15) is 19.8 Å². The Balaban J connectivity index is 2.53. The molecule has 2 atom stereocenters. The van der Waals surface area contributed by atoms with Crippen LogP contribution in [0.3, 0.4) is 0 Å².